The van der Waals surface area contributed by atoms with E-state index in [9.17, 15) is 9.59 Å². The smallest absolute Gasteiger partial charge is 0.409 e. The lowest BCUT2D eigenvalue weighted by Gasteiger charge is -2.36. The van der Waals surface area contributed by atoms with E-state index in [4.69, 9.17) is 4.74 Å². The predicted octanol–water partition coefficient (Wildman–Crippen LogP) is 3.20. The van der Waals surface area contributed by atoms with E-state index in [0.717, 1.165) is 31.6 Å². The van der Waals surface area contributed by atoms with Crippen LogP contribution < -0.4 is 10.2 Å². The second-order valence-corrected chi connectivity index (χ2v) is 7.59. The van der Waals surface area contributed by atoms with Gasteiger partial charge < -0.3 is 19.9 Å². The largest absolute Gasteiger partial charge is 0.450 e. The van der Waals surface area contributed by atoms with E-state index >= 15 is 0 Å². The number of ether oxygens (including phenoxy) is 1. The van der Waals surface area contributed by atoms with E-state index in [1.54, 1.807) is 24.1 Å². The Hall–Kier alpha value is -2.31. The van der Waals surface area contributed by atoms with Crippen LogP contribution in [0.3, 0.4) is 0 Å². The number of hydrogen-bond acceptors (Lipinski definition) is 5. The van der Waals surface area contributed by atoms with Gasteiger partial charge in [-0.1, -0.05) is 6.92 Å². The third-order valence-electron chi connectivity index (χ3n) is 5.76. The first-order valence-electron chi connectivity index (χ1n) is 10.6. The van der Waals surface area contributed by atoms with Crippen molar-refractivity contribution in [1.82, 2.24) is 15.2 Å². The molecule has 1 aromatic rings. The summed E-state index contributed by atoms with van der Waals surface area (Å²) < 4.78 is 5.04. The number of amides is 2. The Balaban J connectivity index is 1.57. The summed E-state index contributed by atoms with van der Waals surface area (Å²) in [5, 5.41) is 3.12. The molecular weight excluding hydrogens is 356 g/mol. The average molecular weight is 389 g/mol. The highest BCUT2D eigenvalue weighted by molar-refractivity contribution is 5.95. The van der Waals surface area contributed by atoms with Crippen LogP contribution in [-0.4, -0.2) is 60.2 Å². The third-order valence-corrected chi connectivity index (χ3v) is 5.76. The molecule has 1 N–H and O–H groups in total. The molecule has 7 nitrogen and oxygen atoms in total. The zero-order valence-electron chi connectivity index (χ0n) is 17.0. The molecule has 0 aromatic carbocycles. The monoisotopic (exact) mass is 388 g/mol. The van der Waals surface area contributed by atoms with Crippen molar-refractivity contribution in [2.75, 3.05) is 31.1 Å². The number of carbonyl (C=O) groups excluding carboxylic acids is 2. The van der Waals surface area contributed by atoms with Gasteiger partial charge in [-0.05, 0) is 57.6 Å². The van der Waals surface area contributed by atoms with Crippen molar-refractivity contribution in [2.24, 2.45) is 0 Å². The predicted molar refractivity (Wildman–Crippen MR) is 109 cm³/mol. The number of pyridine rings is 1. The highest BCUT2D eigenvalue weighted by atomic mass is 16.6. The van der Waals surface area contributed by atoms with Gasteiger partial charge in [-0.2, -0.15) is 0 Å². The Bertz CT molecular complexity index is 673. The molecule has 1 atom stereocenters. The number of rotatable bonds is 5. The standard InChI is InChI=1S/C21H32N4O3/c1-3-18-7-5-6-12-25(18)19-15-16(8-11-22-19)20(26)23-17-9-13-24(14-10-17)21(27)28-4-2/h8,11,15,17-18H,3-7,9-10,12-14H2,1-2H3,(H,23,26). The summed E-state index contributed by atoms with van der Waals surface area (Å²) in [6, 6.07) is 4.27. The highest BCUT2D eigenvalue weighted by Crippen LogP contribution is 2.25. The molecule has 2 fully saturated rings. The molecule has 3 heterocycles. The van der Waals surface area contributed by atoms with Crippen LogP contribution in [0.1, 0.15) is 62.7 Å². The van der Waals surface area contributed by atoms with Crippen molar-refractivity contribution in [2.45, 2.75) is 64.5 Å². The van der Waals surface area contributed by atoms with E-state index in [2.05, 4.69) is 22.1 Å². The minimum atomic E-state index is -0.266. The summed E-state index contributed by atoms with van der Waals surface area (Å²) in [4.78, 5) is 33.1. The van der Waals surface area contributed by atoms with Gasteiger partial charge in [0.25, 0.3) is 5.91 Å². The number of nitrogens with one attached hydrogen (secondary N) is 1. The minimum absolute atomic E-state index is 0.0664. The lowest BCUT2D eigenvalue weighted by molar-refractivity contribution is 0.0860. The minimum Gasteiger partial charge on any atom is -0.450 e. The van der Waals surface area contributed by atoms with Gasteiger partial charge in [0.1, 0.15) is 5.82 Å². The van der Waals surface area contributed by atoms with Crippen LogP contribution in [0, 0.1) is 0 Å². The lowest BCUT2D eigenvalue weighted by Crippen LogP contribution is -2.46. The van der Waals surface area contributed by atoms with E-state index < -0.39 is 0 Å². The molecule has 1 unspecified atom stereocenters. The Morgan fingerprint density at radius 3 is 2.68 bits per heavy atom. The Kier molecular flexibility index (Phi) is 7.12. The molecule has 154 valence electrons. The number of nitrogens with zero attached hydrogens (tertiary/aromatic N) is 3. The number of carbonyl (C=O) groups is 2. The summed E-state index contributed by atoms with van der Waals surface area (Å²) in [5.41, 5.74) is 0.651. The maximum Gasteiger partial charge on any atom is 0.409 e. The maximum absolute atomic E-state index is 12.8. The van der Waals surface area contributed by atoms with Gasteiger partial charge in [0, 0.05) is 43.5 Å². The summed E-state index contributed by atoms with van der Waals surface area (Å²) in [6.45, 7) is 6.62. The Labute approximate surface area is 167 Å². The van der Waals surface area contributed by atoms with Crippen molar-refractivity contribution in [3.63, 3.8) is 0 Å². The SMILES string of the molecule is CCOC(=O)N1CCC(NC(=O)c2ccnc(N3CCCCC3CC)c2)CC1. The van der Waals surface area contributed by atoms with E-state index in [0.29, 0.717) is 31.3 Å². The number of anilines is 1. The van der Waals surface area contributed by atoms with Gasteiger partial charge in [-0.3, -0.25) is 4.79 Å². The van der Waals surface area contributed by atoms with Crippen LogP contribution in [0.2, 0.25) is 0 Å². The number of hydrogen-bond donors (Lipinski definition) is 1. The van der Waals surface area contributed by atoms with Gasteiger partial charge in [0.05, 0.1) is 6.61 Å². The zero-order valence-corrected chi connectivity index (χ0v) is 17.0. The summed E-state index contributed by atoms with van der Waals surface area (Å²) in [7, 11) is 0. The molecule has 2 saturated heterocycles. The maximum atomic E-state index is 12.8. The summed E-state index contributed by atoms with van der Waals surface area (Å²) in [5.74, 6) is 0.833. The second-order valence-electron chi connectivity index (χ2n) is 7.59. The fourth-order valence-electron chi connectivity index (χ4n) is 4.13. The molecule has 0 saturated carbocycles. The molecule has 2 amide bonds. The van der Waals surface area contributed by atoms with Crippen LogP contribution in [0.25, 0.3) is 0 Å². The number of aromatic nitrogens is 1. The molecule has 2 aliphatic heterocycles. The fraction of sp³-hybridized carbons (Fsp3) is 0.667. The number of likely N-dealkylation sites (tertiary alicyclic amines) is 1. The molecule has 2 aliphatic rings. The van der Waals surface area contributed by atoms with Gasteiger partial charge in [0.2, 0.25) is 0 Å². The normalized spacial score (nSPS) is 20.7. The highest BCUT2D eigenvalue weighted by Gasteiger charge is 2.26. The van der Waals surface area contributed by atoms with Gasteiger partial charge >= 0.3 is 6.09 Å². The van der Waals surface area contributed by atoms with Gasteiger partial charge in [-0.25, -0.2) is 9.78 Å². The molecule has 0 aliphatic carbocycles. The molecule has 3 rings (SSSR count). The first-order valence-corrected chi connectivity index (χ1v) is 10.6. The van der Waals surface area contributed by atoms with Gasteiger partial charge in [-0.15, -0.1) is 0 Å². The molecule has 7 heteroatoms. The van der Waals surface area contributed by atoms with Crippen molar-refractivity contribution in [3.05, 3.63) is 23.9 Å². The van der Waals surface area contributed by atoms with Crippen molar-refractivity contribution >= 4 is 17.8 Å². The van der Waals surface area contributed by atoms with Crippen LogP contribution in [0.5, 0.6) is 0 Å². The molecule has 0 spiro atoms. The Morgan fingerprint density at radius 1 is 1.18 bits per heavy atom. The molecule has 0 radical (unpaired) electrons. The first kappa shape index (κ1) is 20.4. The average Bonchev–Trinajstić information content (AvgIpc) is 2.74. The first-order chi connectivity index (χ1) is 13.6. The molecular formula is C21H32N4O3. The lowest BCUT2D eigenvalue weighted by atomic mass is 10.00. The quantitative estimate of drug-likeness (QED) is 0.838. The Morgan fingerprint density at radius 2 is 1.96 bits per heavy atom. The number of piperidine rings is 2. The van der Waals surface area contributed by atoms with Crippen molar-refractivity contribution in [3.8, 4) is 0 Å². The molecule has 0 bridgehead atoms. The third kappa shape index (κ3) is 4.94. The zero-order chi connectivity index (χ0) is 19.9. The second kappa shape index (κ2) is 9.75. The van der Waals surface area contributed by atoms with E-state index in [-0.39, 0.29) is 18.0 Å². The van der Waals surface area contributed by atoms with Crippen LogP contribution in [0.15, 0.2) is 18.3 Å². The van der Waals surface area contributed by atoms with Crippen molar-refractivity contribution < 1.29 is 14.3 Å². The van der Waals surface area contributed by atoms with Gasteiger partial charge in [0.15, 0.2) is 0 Å². The van der Waals surface area contributed by atoms with Crippen LogP contribution in [0.4, 0.5) is 10.6 Å². The fourth-order valence-corrected chi connectivity index (χ4v) is 4.13. The van der Waals surface area contributed by atoms with Crippen LogP contribution in [-0.2, 0) is 4.74 Å². The summed E-state index contributed by atoms with van der Waals surface area (Å²) >= 11 is 0. The van der Waals surface area contributed by atoms with Crippen molar-refractivity contribution in [1.29, 1.82) is 0 Å². The summed E-state index contributed by atoms with van der Waals surface area (Å²) in [6.07, 6.45) is 7.67. The topological polar surface area (TPSA) is 74.8 Å². The van der Waals surface area contributed by atoms with Crippen LogP contribution >= 0.6 is 0 Å². The van der Waals surface area contributed by atoms with E-state index in [1.807, 2.05) is 6.07 Å². The van der Waals surface area contributed by atoms with E-state index in [1.165, 1.54) is 19.3 Å². The molecule has 1 aromatic heterocycles. The molecule has 28 heavy (non-hydrogen) atoms.